The standard InChI is InChI=1S/C20H24N2O3S/c1-24-17-5-2-4-16(14-17)7-8-20(23)21-15-18(19-6-3-13-26-19)22-9-11-25-12-10-22/h2-8,13-14,18H,9-12,15H2,1H3,(H,21,23)/b8-7+. The third-order valence-electron chi connectivity index (χ3n) is 4.35. The molecule has 138 valence electrons. The molecule has 26 heavy (non-hydrogen) atoms. The van der Waals surface area contributed by atoms with Crippen LogP contribution in [0.3, 0.4) is 0 Å². The lowest BCUT2D eigenvalue weighted by molar-refractivity contribution is -0.116. The summed E-state index contributed by atoms with van der Waals surface area (Å²) < 4.78 is 10.7. The molecule has 1 atom stereocenters. The van der Waals surface area contributed by atoms with Crippen molar-refractivity contribution in [3.63, 3.8) is 0 Å². The number of amides is 1. The van der Waals surface area contributed by atoms with Gasteiger partial charge in [0.15, 0.2) is 0 Å². The summed E-state index contributed by atoms with van der Waals surface area (Å²) in [7, 11) is 1.63. The molecular weight excluding hydrogens is 348 g/mol. The molecule has 5 nitrogen and oxygen atoms in total. The molecule has 1 fully saturated rings. The maximum Gasteiger partial charge on any atom is 0.244 e. The first-order valence-electron chi connectivity index (χ1n) is 8.71. The molecule has 1 aromatic carbocycles. The fourth-order valence-corrected chi connectivity index (χ4v) is 3.81. The number of thiophene rings is 1. The molecule has 0 spiro atoms. The van der Waals surface area contributed by atoms with E-state index < -0.39 is 0 Å². The van der Waals surface area contributed by atoms with Crippen LogP contribution in [0, 0.1) is 0 Å². The Balaban J connectivity index is 1.59. The van der Waals surface area contributed by atoms with Gasteiger partial charge >= 0.3 is 0 Å². The molecule has 1 saturated heterocycles. The van der Waals surface area contributed by atoms with E-state index in [0.29, 0.717) is 6.54 Å². The average molecular weight is 372 g/mol. The van der Waals surface area contributed by atoms with Gasteiger partial charge in [0.25, 0.3) is 0 Å². The molecule has 1 aromatic heterocycles. The molecule has 1 amide bonds. The highest BCUT2D eigenvalue weighted by atomic mass is 32.1. The minimum Gasteiger partial charge on any atom is -0.497 e. The first kappa shape index (κ1) is 18.6. The van der Waals surface area contributed by atoms with Gasteiger partial charge in [-0.15, -0.1) is 11.3 Å². The van der Waals surface area contributed by atoms with Crippen LogP contribution in [0.5, 0.6) is 5.75 Å². The van der Waals surface area contributed by atoms with Gasteiger partial charge in [-0.05, 0) is 35.2 Å². The summed E-state index contributed by atoms with van der Waals surface area (Å²) >= 11 is 1.72. The molecule has 1 aliphatic rings. The second kappa shape index (κ2) is 9.52. The van der Waals surface area contributed by atoms with E-state index in [-0.39, 0.29) is 11.9 Å². The molecule has 1 unspecified atom stereocenters. The van der Waals surface area contributed by atoms with Crippen molar-refractivity contribution in [3.8, 4) is 5.75 Å². The van der Waals surface area contributed by atoms with Crippen molar-refractivity contribution in [2.75, 3.05) is 40.0 Å². The Labute approximate surface area is 158 Å². The van der Waals surface area contributed by atoms with E-state index in [9.17, 15) is 4.79 Å². The van der Waals surface area contributed by atoms with Gasteiger partial charge in [0.2, 0.25) is 5.91 Å². The number of benzene rings is 1. The molecule has 2 heterocycles. The number of carbonyl (C=O) groups excluding carboxylic acids is 1. The Hall–Kier alpha value is -2.15. The molecule has 2 aromatic rings. The number of ether oxygens (including phenoxy) is 2. The number of nitrogens with zero attached hydrogens (tertiary/aromatic N) is 1. The van der Waals surface area contributed by atoms with Gasteiger partial charge in [-0.3, -0.25) is 9.69 Å². The quantitative estimate of drug-likeness (QED) is 0.759. The zero-order valence-electron chi connectivity index (χ0n) is 14.9. The third-order valence-corrected chi connectivity index (χ3v) is 5.32. The smallest absolute Gasteiger partial charge is 0.244 e. The Kier molecular flexibility index (Phi) is 6.82. The second-order valence-electron chi connectivity index (χ2n) is 6.03. The Bertz CT molecular complexity index is 724. The lowest BCUT2D eigenvalue weighted by Crippen LogP contribution is -2.43. The molecule has 0 aliphatic carbocycles. The Morgan fingerprint density at radius 2 is 2.19 bits per heavy atom. The summed E-state index contributed by atoms with van der Waals surface area (Å²) in [5.41, 5.74) is 0.933. The van der Waals surface area contributed by atoms with Crippen LogP contribution in [-0.2, 0) is 9.53 Å². The minimum atomic E-state index is -0.0948. The monoisotopic (exact) mass is 372 g/mol. The molecule has 0 saturated carbocycles. The van der Waals surface area contributed by atoms with Crippen LogP contribution in [-0.4, -0.2) is 50.8 Å². The van der Waals surface area contributed by atoms with Crippen molar-refractivity contribution in [2.24, 2.45) is 0 Å². The van der Waals surface area contributed by atoms with Crippen LogP contribution in [0.25, 0.3) is 6.08 Å². The molecular formula is C20H24N2O3S. The number of methoxy groups -OCH3 is 1. The van der Waals surface area contributed by atoms with Crippen molar-refractivity contribution in [3.05, 3.63) is 58.3 Å². The van der Waals surface area contributed by atoms with E-state index in [1.165, 1.54) is 4.88 Å². The summed E-state index contributed by atoms with van der Waals surface area (Å²) in [5.74, 6) is 0.681. The Morgan fingerprint density at radius 3 is 2.92 bits per heavy atom. The highest BCUT2D eigenvalue weighted by Gasteiger charge is 2.23. The SMILES string of the molecule is COc1cccc(/C=C/C(=O)NCC(c2cccs2)N2CCOCC2)c1. The van der Waals surface area contributed by atoms with Gasteiger partial charge in [-0.25, -0.2) is 0 Å². The molecule has 0 radical (unpaired) electrons. The predicted octanol–water partition coefficient (Wildman–Crippen LogP) is 2.96. The maximum atomic E-state index is 12.3. The molecule has 6 heteroatoms. The molecule has 3 rings (SSSR count). The summed E-state index contributed by atoms with van der Waals surface area (Å²) in [6, 6.07) is 12.0. The molecule has 1 N–H and O–H groups in total. The number of hydrogen-bond donors (Lipinski definition) is 1. The van der Waals surface area contributed by atoms with Gasteiger partial charge in [0.05, 0.1) is 26.4 Å². The lowest BCUT2D eigenvalue weighted by atomic mass is 10.1. The van der Waals surface area contributed by atoms with Crippen molar-refractivity contribution in [1.82, 2.24) is 10.2 Å². The molecule has 1 aliphatic heterocycles. The van der Waals surface area contributed by atoms with Gasteiger partial charge in [-0.2, -0.15) is 0 Å². The fourth-order valence-electron chi connectivity index (χ4n) is 2.95. The van der Waals surface area contributed by atoms with Crippen LogP contribution in [0.4, 0.5) is 0 Å². The number of rotatable bonds is 7. The number of nitrogens with one attached hydrogen (secondary N) is 1. The van der Waals surface area contributed by atoms with E-state index in [0.717, 1.165) is 37.6 Å². The van der Waals surface area contributed by atoms with E-state index >= 15 is 0 Å². The third kappa shape index (κ3) is 5.17. The minimum absolute atomic E-state index is 0.0948. The zero-order valence-corrected chi connectivity index (χ0v) is 15.7. The highest BCUT2D eigenvalue weighted by Crippen LogP contribution is 2.25. The fraction of sp³-hybridized carbons (Fsp3) is 0.350. The summed E-state index contributed by atoms with van der Waals surface area (Å²) in [5, 5.41) is 5.11. The van der Waals surface area contributed by atoms with Crippen LogP contribution < -0.4 is 10.1 Å². The van der Waals surface area contributed by atoms with E-state index in [1.54, 1.807) is 30.6 Å². The first-order chi connectivity index (χ1) is 12.8. The summed E-state index contributed by atoms with van der Waals surface area (Å²) in [6.07, 6.45) is 3.37. The van der Waals surface area contributed by atoms with Gasteiger partial charge in [-0.1, -0.05) is 18.2 Å². The van der Waals surface area contributed by atoms with Crippen LogP contribution in [0.15, 0.2) is 47.9 Å². The predicted molar refractivity (Wildman–Crippen MR) is 104 cm³/mol. The number of carbonyl (C=O) groups is 1. The van der Waals surface area contributed by atoms with E-state index in [2.05, 4.69) is 27.7 Å². The van der Waals surface area contributed by atoms with Gasteiger partial charge in [0, 0.05) is 30.6 Å². The van der Waals surface area contributed by atoms with Crippen LogP contribution >= 0.6 is 11.3 Å². The lowest BCUT2D eigenvalue weighted by Gasteiger charge is -2.34. The van der Waals surface area contributed by atoms with Crippen LogP contribution in [0.2, 0.25) is 0 Å². The number of hydrogen-bond acceptors (Lipinski definition) is 5. The van der Waals surface area contributed by atoms with Crippen molar-refractivity contribution >= 4 is 23.3 Å². The summed E-state index contributed by atoms with van der Waals surface area (Å²) in [4.78, 5) is 15.9. The summed E-state index contributed by atoms with van der Waals surface area (Å²) in [6.45, 7) is 3.84. The van der Waals surface area contributed by atoms with E-state index in [4.69, 9.17) is 9.47 Å². The Morgan fingerprint density at radius 1 is 1.35 bits per heavy atom. The average Bonchev–Trinajstić information content (AvgIpc) is 3.22. The van der Waals surface area contributed by atoms with Crippen molar-refractivity contribution < 1.29 is 14.3 Å². The van der Waals surface area contributed by atoms with Gasteiger partial charge in [0.1, 0.15) is 5.75 Å². The van der Waals surface area contributed by atoms with E-state index in [1.807, 2.05) is 24.3 Å². The van der Waals surface area contributed by atoms with Gasteiger partial charge < -0.3 is 14.8 Å². The van der Waals surface area contributed by atoms with Crippen molar-refractivity contribution in [1.29, 1.82) is 0 Å². The van der Waals surface area contributed by atoms with Crippen molar-refractivity contribution in [2.45, 2.75) is 6.04 Å². The first-order valence-corrected chi connectivity index (χ1v) is 9.59. The van der Waals surface area contributed by atoms with Crippen LogP contribution in [0.1, 0.15) is 16.5 Å². The largest absolute Gasteiger partial charge is 0.497 e. The zero-order chi connectivity index (χ0) is 18.2. The normalized spacial score (nSPS) is 16.5. The number of morpholine rings is 1. The highest BCUT2D eigenvalue weighted by molar-refractivity contribution is 7.10. The maximum absolute atomic E-state index is 12.3. The topological polar surface area (TPSA) is 50.8 Å². The second-order valence-corrected chi connectivity index (χ2v) is 7.01. The molecule has 0 bridgehead atoms.